The summed E-state index contributed by atoms with van der Waals surface area (Å²) < 4.78 is 1.09. The number of nitro groups is 1. The van der Waals surface area contributed by atoms with Crippen molar-refractivity contribution in [2.75, 3.05) is 6.54 Å². The Kier molecular flexibility index (Phi) is 4.54. The zero-order valence-electron chi connectivity index (χ0n) is 12.5. The molecule has 2 aromatic carbocycles. The Hall–Kier alpha value is -2.77. The molecule has 0 radical (unpaired) electrons. The lowest BCUT2D eigenvalue weighted by Gasteiger charge is -2.04. The SMILES string of the molecule is O=[N+]([O-])c1ccc(O)c(C=NCC(O)c2cc3ccccc3s2)c1. The van der Waals surface area contributed by atoms with Gasteiger partial charge in [0, 0.05) is 33.5 Å². The number of aliphatic hydroxyl groups excluding tert-OH is 1. The summed E-state index contributed by atoms with van der Waals surface area (Å²) in [5.41, 5.74) is 0.118. The molecule has 1 atom stereocenters. The molecule has 1 aromatic heterocycles. The molecule has 0 fully saturated rings. The molecule has 1 unspecified atom stereocenters. The maximum Gasteiger partial charge on any atom is 0.270 e. The van der Waals surface area contributed by atoms with Gasteiger partial charge in [0.25, 0.3) is 5.69 Å². The second kappa shape index (κ2) is 6.77. The highest BCUT2D eigenvalue weighted by Gasteiger charge is 2.11. The van der Waals surface area contributed by atoms with Crippen LogP contribution in [0.15, 0.2) is 53.5 Å². The maximum absolute atomic E-state index is 10.8. The molecule has 7 heteroatoms. The summed E-state index contributed by atoms with van der Waals surface area (Å²) in [5, 5.41) is 31.8. The van der Waals surface area contributed by atoms with Crippen molar-refractivity contribution < 1.29 is 15.1 Å². The maximum atomic E-state index is 10.8. The summed E-state index contributed by atoms with van der Waals surface area (Å²) in [4.78, 5) is 15.1. The van der Waals surface area contributed by atoms with Crippen molar-refractivity contribution in [2.45, 2.75) is 6.10 Å². The van der Waals surface area contributed by atoms with Crippen molar-refractivity contribution in [1.29, 1.82) is 0 Å². The summed E-state index contributed by atoms with van der Waals surface area (Å²) in [6, 6.07) is 13.5. The zero-order valence-corrected chi connectivity index (χ0v) is 13.3. The number of non-ortho nitro benzene ring substituents is 1. The fraction of sp³-hybridized carbons (Fsp3) is 0.118. The number of hydrogen-bond donors (Lipinski definition) is 2. The predicted molar refractivity (Wildman–Crippen MR) is 94.0 cm³/mol. The Morgan fingerprint density at radius 1 is 1.25 bits per heavy atom. The molecule has 2 N–H and O–H groups in total. The van der Waals surface area contributed by atoms with E-state index >= 15 is 0 Å². The molecule has 3 rings (SSSR count). The number of benzene rings is 2. The van der Waals surface area contributed by atoms with Gasteiger partial charge in [0.05, 0.1) is 11.5 Å². The van der Waals surface area contributed by atoms with Crippen LogP contribution in [0.1, 0.15) is 16.5 Å². The van der Waals surface area contributed by atoms with E-state index in [4.69, 9.17) is 0 Å². The molecule has 6 nitrogen and oxygen atoms in total. The molecule has 0 saturated heterocycles. The van der Waals surface area contributed by atoms with Crippen LogP contribution in [0.4, 0.5) is 5.69 Å². The summed E-state index contributed by atoms with van der Waals surface area (Å²) >= 11 is 1.50. The minimum absolute atomic E-state index is 0.0966. The minimum Gasteiger partial charge on any atom is -0.507 e. The third-order valence-corrected chi connectivity index (χ3v) is 4.72. The van der Waals surface area contributed by atoms with E-state index in [1.807, 2.05) is 30.3 Å². The number of fused-ring (bicyclic) bond motifs is 1. The molecule has 1 heterocycles. The van der Waals surface area contributed by atoms with Crippen LogP contribution in [0.25, 0.3) is 10.1 Å². The first-order valence-electron chi connectivity index (χ1n) is 7.18. The Labute approximate surface area is 141 Å². The van der Waals surface area contributed by atoms with Gasteiger partial charge in [0.15, 0.2) is 0 Å². The summed E-state index contributed by atoms with van der Waals surface area (Å²) in [6.45, 7) is 0.106. The number of aliphatic hydroxyl groups is 1. The van der Waals surface area contributed by atoms with Crippen LogP contribution >= 0.6 is 11.3 Å². The van der Waals surface area contributed by atoms with Crippen LogP contribution in [0.5, 0.6) is 5.75 Å². The molecular formula is C17H14N2O4S. The van der Waals surface area contributed by atoms with E-state index in [0.29, 0.717) is 0 Å². The molecule has 122 valence electrons. The van der Waals surface area contributed by atoms with E-state index in [1.165, 1.54) is 35.8 Å². The first-order chi connectivity index (χ1) is 11.5. The van der Waals surface area contributed by atoms with Gasteiger partial charge in [0.2, 0.25) is 0 Å². The van der Waals surface area contributed by atoms with Crippen molar-refractivity contribution in [3.8, 4) is 5.75 Å². The van der Waals surface area contributed by atoms with Crippen LogP contribution in [-0.4, -0.2) is 27.9 Å². The molecule has 0 bridgehead atoms. The number of aromatic hydroxyl groups is 1. The average molecular weight is 342 g/mol. The van der Waals surface area contributed by atoms with Crippen molar-refractivity contribution in [2.24, 2.45) is 4.99 Å². The Morgan fingerprint density at radius 3 is 2.79 bits per heavy atom. The second-order valence-corrected chi connectivity index (χ2v) is 6.31. The van der Waals surface area contributed by atoms with Gasteiger partial charge in [-0.3, -0.25) is 15.1 Å². The van der Waals surface area contributed by atoms with Crippen LogP contribution in [-0.2, 0) is 0 Å². The highest BCUT2D eigenvalue weighted by Crippen LogP contribution is 2.30. The molecule has 0 aliphatic heterocycles. The van der Waals surface area contributed by atoms with Crippen LogP contribution in [0.3, 0.4) is 0 Å². The molecule has 0 spiro atoms. The number of rotatable bonds is 5. The number of aliphatic imine (C=N–C) groups is 1. The molecule has 0 amide bonds. The molecule has 0 aliphatic rings. The van der Waals surface area contributed by atoms with Crippen molar-refractivity contribution >= 4 is 33.3 Å². The normalized spacial score (nSPS) is 12.7. The molecular weight excluding hydrogens is 328 g/mol. The van der Waals surface area contributed by atoms with Gasteiger partial charge < -0.3 is 10.2 Å². The van der Waals surface area contributed by atoms with Gasteiger partial charge in [-0.2, -0.15) is 0 Å². The number of phenols is 1. The number of hydrogen-bond acceptors (Lipinski definition) is 6. The monoisotopic (exact) mass is 342 g/mol. The van der Waals surface area contributed by atoms with Crippen LogP contribution in [0.2, 0.25) is 0 Å². The third-order valence-electron chi connectivity index (χ3n) is 3.50. The van der Waals surface area contributed by atoms with Crippen molar-refractivity contribution in [1.82, 2.24) is 0 Å². The Balaban J connectivity index is 1.73. The summed E-state index contributed by atoms with van der Waals surface area (Å²) in [6.07, 6.45) is 0.568. The van der Waals surface area contributed by atoms with E-state index < -0.39 is 11.0 Å². The summed E-state index contributed by atoms with van der Waals surface area (Å²) in [5.74, 6) is -0.0966. The second-order valence-electron chi connectivity index (χ2n) is 5.20. The lowest BCUT2D eigenvalue weighted by molar-refractivity contribution is -0.384. The number of nitrogens with zero attached hydrogens (tertiary/aromatic N) is 2. The molecule has 0 aliphatic carbocycles. The third kappa shape index (κ3) is 3.42. The number of phenolic OH excluding ortho intramolecular Hbond substituents is 1. The van der Waals surface area contributed by atoms with E-state index in [-0.39, 0.29) is 23.5 Å². The largest absolute Gasteiger partial charge is 0.507 e. The van der Waals surface area contributed by atoms with Gasteiger partial charge in [-0.1, -0.05) is 18.2 Å². The Morgan fingerprint density at radius 2 is 2.04 bits per heavy atom. The van der Waals surface area contributed by atoms with E-state index in [9.17, 15) is 20.3 Å². The van der Waals surface area contributed by atoms with Crippen molar-refractivity contribution in [3.63, 3.8) is 0 Å². The van der Waals surface area contributed by atoms with Gasteiger partial charge in [-0.15, -0.1) is 11.3 Å². The first-order valence-corrected chi connectivity index (χ1v) is 8.00. The van der Waals surface area contributed by atoms with E-state index in [1.54, 1.807) is 0 Å². The standard InChI is InChI=1S/C17H14N2O4S/c20-14-6-5-13(19(22)23)7-12(14)9-18-10-15(21)17-8-11-3-1-2-4-16(11)24-17/h1-9,15,20-21H,10H2. The molecule has 24 heavy (non-hydrogen) atoms. The Bertz CT molecular complexity index is 887. The average Bonchev–Trinajstić information content (AvgIpc) is 3.00. The van der Waals surface area contributed by atoms with Crippen LogP contribution in [0, 0.1) is 10.1 Å². The lowest BCUT2D eigenvalue weighted by Crippen LogP contribution is -1.99. The van der Waals surface area contributed by atoms with Gasteiger partial charge in [-0.05, 0) is 23.6 Å². The fourth-order valence-corrected chi connectivity index (χ4v) is 3.31. The summed E-state index contributed by atoms with van der Waals surface area (Å²) in [7, 11) is 0. The van der Waals surface area contributed by atoms with Crippen LogP contribution < -0.4 is 0 Å². The van der Waals surface area contributed by atoms with Gasteiger partial charge in [-0.25, -0.2) is 0 Å². The van der Waals surface area contributed by atoms with Gasteiger partial charge >= 0.3 is 0 Å². The smallest absolute Gasteiger partial charge is 0.270 e. The lowest BCUT2D eigenvalue weighted by atomic mass is 10.2. The quantitative estimate of drug-likeness (QED) is 0.420. The number of nitro benzene ring substituents is 1. The number of thiophene rings is 1. The highest BCUT2D eigenvalue weighted by molar-refractivity contribution is 7.19. The van der Waals surface area contributed by atoms with E-state index in [2.05, 4.69) is 4.99 Å². The molecule has 3 aromatic rings. The molecule has 0 saturated carbocycles. The van der Waals surface area contributed by atoms with E-state index in [0.717, 1.165) is 15.0 Å². The zero-order chi connectivity index (χ0) is 17.1. The highest BCUT2D eigenvalue weighted by atomic mass is 32.1. The van der Waals surface area contributed by atoms with Gasteiger partial charge in [0.1, 0.15) is 11.9 Å². The minimum atomic E-state index is -0.764. The first kappa shape index (κ1) is 16.1. The van der Waals surface area contributed by atoms with Crippen molar-refractivity contribution in [3.05, 3.63) is 69.1 Å². The topological polar surface area (TPSA) is 96.0 Å². The predicted octanol–water partition coefficient (Wildman–Crippen LogP) is 3.67. The fourth-order valence-electron chi connectivity index (χ4n) is 2.27.